The predicted octanol–water partition coefficient (Wildman–Crippen LogP) is 2.44. The summed E-state index contributed by atoms with van der Waals surface area (Å²) in [6, 6.07) is 3.68. The molecule has 4 N–H and O–H groups in total. The van der Waals surface area contributed by atoms with Gasteiger partial charge in [0, 0.05) is 16.1 Å². The van der Waals surface area contributed by atoms with E-state index in [1.54, 1.807) is 7.11 Å². The number of ether oxygens (including phenoxy) is 1. The predicted molar refractivity (Wildman–Crippen MR) is 65.1 cm³/mol. The lowest BCUT2D eigenvalue weighted by molar-refractivity contribution is 0.181. The summed E-state index contributed by atoms with van der Waals surface area (Å²) in [7, 11) is 1.63. The molecule has 0 aliphatic carbocycles. The minimum Gasteiger partial charge on any atom is -0.397 e. The van der Waals surface area contributed by atoms with E-state index in [-0.39, 0.29) is 6.04 Å². The molecule has 1 aromatic rings. The van der Waals surface area contributed by atoms with Crippen LogP contribution in [0.15, 0.2) is 21.1 Å². The molecule has 0 bridgehead atoms. The van der Waals surface area contributed by atoms with Gasteiger partial charge in [-0.1, -0.05) is 0 Å². The molecular formula is C9H12Br2N2O. The van der Waals surface area contributed by atoms with Gasteiger partial charge in [-0.3, -0.25) is 0 Å². The highest BCUT2D eigenvalue weighted by atomic mass is 79.9. The van der Waals surface area contributed by atoms with E-state index in [1.165, 1.54) is 0 Å². The van der Waals surface area contributed by atoms with E-state index in [2.05, 4.69) is 31.9 Å². The summed E-state index contributed by atoms with van der Waals surface area (Å²) < 4.78 is 6.66. The molecule has 0 saturated heterocycles. The Hall–Kier alpha value is -0.100. The average Bonchev–Trinajstić information content (AvgIpc) is 2.13. The minimum absolute atomic E-state index is 0.131. The maximum absolute atomic E-state index is 5.89. The number of anilines is 1. The first-order valence-corrected chi connectivity index (χ1v) is 5.63. The Morgan fingerprint density at radius 3 is 2.29 bits per heavy atom. The van der Waals surface area contributed by atoms with Crippen molar-refractivity contribution < 1.29 is 4.74 Å². The second kappa shape index (κ2) is 5.11. The Bertz CT molecular complexity index is 308. The number of methoxy groups -OCH3 is 1. The maximum atomic E-state index is 5.89. The molecule has 1 rings (SSSR count). The van der Waals surface area contributed by atoms with Crippen LogP contribution in [-0.4, -0.2) is 13.7 Å². The van der Waals surface area contributed by atoms with Gasteiger partial charge in [0.15, 0.2) is 0 Å². The van der Waals surface area contributed by atoms with Gasteiger partial charge >= 0.3 is 0 Å². The van der Waals surface area contributed by atoms with Gasteiger partial charge in [-0.05, 0) is 49.6 Å². The first kappa shape index (κ1) is 12.0. The van der Waals surface area contributed by atoms with E-state index in [0.29, 0.717) is 12.3 Å². The van der Waals surface area contributed by atoms with E-state index in [9.17, 15) is 0 Å². The van der Waals surface area contributed by atoms with Gasteiger partial charge < -0.3 is 16.2 Å². The molecular weight excluding hydrogens is 312 g/mol. The first-order valence-electron chi connectivity index (χ1n) is 4.05. The molecule has 0 aliphatic rings. The minimum atomic E-state index is -0.131. The van der Waals surface area contributed by atoms with Crippen LogP contribution < -0.4 is 11.5 Å². The van der Waals surface area contributed by atoms with E-state index < -0.39 is 0 Å². The average molecular weight is 324 g/mol. The Morgan fingerprint density at radius 2 is 1.86 bits per heavy atom. The van der Waals surface area contributed by atoms with Crippen molar-refractivity contribution in [1.82, 2.24) is 0 Å². The normalized spacial score (nSPS) is 12.9. The molecule has 0 amide bonds. The van der Waals surface area contributed by atoms with Crippen molar-refractivity contribution >= 4 is 37.5 Å². The van der Waals surface area contributed by atoms with Crippen molar-refractivity contribution in [3.63, 3.8) is 0 Å². The van der Waals surface area contributed by atoms with Crippen LogP contribution in [0.1, 0.15) is 11.6 Å². The molecule has 0 heterocycles. The lowest BCUT2D eigenvalue weighted by Crippen LogP contribution is -2.16. The van der Waals surface area contributed by atoms with Crippen LogP contribution >= 0.6 is 31.9 Å². The fourth-order valence-electron chi connectivity index (χ4n) is 1.09. The quantitative estimate of drug-likeness (QED) is 0.840. The third-order valence-electron chi connectivity index (χ3n) is 1.88. The van der Waals surface area contributed by atoms with Crippen LogP contribution in [0.25, 0.3) is 0 Å². The molecule has 0 aromatic heterocycles. The fourth-order valence-corrected chi connectivity index (χ4v) is 2.32. The molecule has 3 nitrogen and oxygen atoms in total. The molecule has 1 aromatic carbocycles. The van der Waals surface area contributed by atoms with E-state index >= 15 is 0 Å². The van der Waals surface area contributed by atoms with Gasteiger partial charge in [-0.25, -0.2) is 0 Å². The van der Waals surface area contributed by atoms with Crippen molar-refractivity contribution in [3.8, 4) is 0 Å². The molecule has 14 heavy (non-hydrogen) atoms. The summed E-state index contributed by atoms with van der Waals surface area (Å²) in [6.07, 6.45) is 0. The highest BCUT2D eigenvalue weighted by molar-refractivity contribution is 9.11. The summed E-state index contributed by atoms with van der Waals surface area (Å²) in [6.45, 7) is 0.489. The van der Waals surface area contributed by atoms with Crippen molar-refractivity contribution in [1.29, 1.82) is 0 Å². The Kier molecular flexibility index (Phi) is 4.37. The van der Waals surface area contributed by atoms with Crippen molar-refractivity contribution in [2.45, 2.75) is 6.04 Å². The number of nitrogen functional groups attached to an aromatic ring is 1. The van der Waals surface area contributed by atoms with Crippen LogP contribution in [0.2, 0.25) is 0 Å². The van der Waals surface area contributed by atoms with Crippen molar-refractivity contribution in [2.24, 2.45) is 5.73 Å². The Balaban J connectivity index is 3.00. The van der Waals surface area contributed by atoms with Crippen LogP contribution in [0, 0.1) is 0 Å². The van der Waals surface area contributed by atoms with Gasteiger partial charge in [-0.15, -0.1) is 0 Å². The van der Waals surface area contributed by atoms with Crippen molar-refractivity contribution in [3.05, 3.63) is 26.6 Å². The second-order valence-electron chi connectivity index (χ2n) is 2.96. The smallest absolute Gasteiger partial charge is 0.0655 e. The topological polar surface area (TPSA) is 61.3 Å². The summed E-state index contributed by atoms with van der Waals surface area (Å²) >= 11 is 6.73. The van der Waals surface area contributed by atoms with Crippen LogP contribution in [0.5, 0.6) is 0 Å². The third-order valence-corrected chi connectivity index (χ3v) is 3.19. The third kappa shape index (κ3) is 2.70. The maximum Gasteiger partial charge on any atom is 0.0655 e. The summed E-state index contributed by atoms with van der Waals surface area (Å²) in [5.74, 6) is 0. The van der Waals surface area contributed by atoms with Gasteiger partial charge in [0.2, 0.25) is 0 Å². The molecule has 1 atom stereocenters. The molecule has 0 radical (unpaired) electrons. The number of hydrogen-bond donors (Lipinski definition) is 2. The molecule has 0 spiro atoms. The van der Waals surface area contributed by atoms with E-state index in [4.69, 9.17) is 16.2 Å². The zero-order valence-corrected chi connectivity index (χ0v) is 10.9. The highest BCUT2D eigenvalue weighted by Crippen LogP contribution is 2.31. The van der Waals surface area contributed by atoms with Gasteiger partial charge in [0.25, 0.3) is 0 Å². The summed E-state index contributed by atoms with van der Waals surface area (Å²) in [4.78, 5) is 0. The lowest BCUT2D eigenvalue weighted by atomic mass is 10.1. The number of halogens is 2. The first-order chi connectivity index (χ1) is 6.56. The molecule has 0 fully saturated rings. The van der Waals surface area contributed by atoms with Gasteiger partial charge in [-0.2, -0.15) is 0 Å². The molecule has 1 unspecified atom stereocenters. The fraction of sp³-hybridized carbons (Fsp3) is 0.333. The standard InChI is InChI=1S/C9H12Br2N2O/c1-14-4-8(12)5-2-6(10)9(13)7(11)3-5/h2-3,8H,4,12-13H2,1H3. The molecule has 0 aliphatic heterocycles. The number of nitrogens with two attached hydrogens (primary N) is 2. The van der Waals surface area contributed by atoms with Crippen LogP contribution in [-0.2, 0) is 4.74 Å². The largest absolute Gasteiger partial charge is 0.397 e. The summed E-state index contributed by atoms with van der Waals surface area (Å²) in [5.41, 5.74) is 13.3. The second-order valence-corrected chi connectivity index (χ2v) is 4.67. The molecule has 78 valence electrons. The van der Waals surface area contributed by atoms with E-state index in [1.807, 2.05) is 12.1 Å². The Morgan fingerprint density at radius 1 is 1.36 bits per heavy atom. The van der Waals surface area contributed by atoms with E-state index in [0.717, 1.165) is 14.5 Å². The molecule has 5 heteroatoms. The van der Waals surface area contributed by atoms with Crippen molar-refractivity contribution in [2.75, 3.05) is 19.5 Å². The van der Waals surface area contributed by atoms with Gasteiger partial charge in [0.05, 0.1) is 18.3 Å². The summed E-state index contributed by atoms with van der Waals surface area (Å²) in [5, 5.41) is 0. The monoisotopic (exact) mass is 322 g/mol. The number of benzene rings is 1. The number of hydrogen-bond acceptors (Lipinski definition) is 3. The SMILES string of the molecule is COCC(N)c1cc(Br)c(N)c(Br)c1. The van der Waals surface area contributed by atoms with Crippen LogP contribution in [0.3, 0.4) is 0 Å². The highest BCUT2D eigenvalue weighted by Gasteiger charge is 2.10. The molecule has 0 saturated carbocycles. The van der Waals surface area contributed by atoms with Gasteiger partial charge in [0.1, 0.15) is 0 Å². The Labute approximate surface area is 100 Å². The lowest BCUT2D eigenvalue weighted by Gasteiger charge is -2.13. The number of rotatable bonds is 3. The van der Waals surface area contributed by atoms with Crippen LogP contribution in [0.4, 0.5) is 5.69 Å². The zero-order valence-electron chi connectivity index (χ0n) is 7.76. The zero-order chi connectivity index (χ0) is 10.7.